The van der Waals surface area contributed by atoms with Crippen molar-refractivity contribution in [3.05, 3.63) is 35.3 Å². The summed E-state index contributed by atoms with van der Waals surface area (Å²) < 4.78 is 75.2. The molecule has 12 nitrogen and oxygen atoms in total. The van der Waals surface area contributed by atoms with Gasteiger partial charge in [-0.1, -0.05) is 0 Å². The molecule has 7 heterocycles. The summed E-state index contributed by atoms with van der Waals surface area (Å²) in [5.74, 6) is 0.443. The van der Waals surface area contributed by atoms with Gasteiger partial charge in [-0.3, -0.25) is 14.3 Å². The van der Waals surface area contributed by atoms with E-state index in [2.05, 4.69) is 10.00 Å². The maximum Gasteiger partial charge on any atom is 0.417 e. The zero-order chi connectivity index (χ0) is 35.3. The summed E-state index contributed by atoms with van der Waals surface area (Å²) in [5.41, 5.74) is 0.174. The number of hydrogen-bond donors (Lipinski definition) is 1. The largest absolute Gasteiger partial charge is 0.461 e. The summed E-state index contributed by atoms with van der Waals surface area (Å²) in [7, 11) is 5.05. The summed E-state index contributed by atoms with van der Waals surface area (Å²) in [5, 5.41) is 21.3. The van der Waals surface area contributed by atoms with Crippen LogP contribution in [-0.2, 0) is 32.1 Å². The third kappa shape index (κ3) is 5.05. The molecule has 5 aromatic rings. The number of benzene rings is 1. The molecule has 0 amide bonds. The summed E-state index contributed by atoms with van der Waals surface area (Å²) in [6.07, 6.45) is -0.0773. The van der Waals surface area contributed by atoms with E-state index in [1.165, 1.54) is 17.7 Å². The molecule has 0 aliphatic carbocycles. The quantitative estimate of drug-likeness (QED) is 0.259. The molecule has 8 rings (SSSR count). The van der Waals surface area contributed by atoms with Gasteiger partial charge in [0.1, 0.15) is 23.7 Å². The van der Waals surface area contributed by atoms with Crippen LogP contribution in [-0.4, -0.2) is 101 Å². The molecule has 0 saturated carbocycles. The highest BCUT2D eigenvalue weighted by molar-refractivity contribution is 6.15. The zero-order valence-electron chi connectivity index (χ0n) is 28.6. The Morgan fingerprint density at radius 1 is 1.10 bits per heavy atom. The van der Waals surface area contributed by atoms with Crippen LogP contribution >= 0.6 is 0 Å². The van der Waals surface area contributed by atoms with Gasteiger partial charge in [-0.25, -0.2) is 4.39 Å². The van der Waals surface area contributed by atoms with Gasteiger partial charge in [0.05, 0.1) is 65.3 Å². The summed E-state index contributed by atoms with van der Waals surface area (Å²) in [6.45, 7) is 5.77. The number of anilines is 1. The minimum Gasteiger partial charge on any atom is -0.461 e. The summed E-state index contributed by atoms with van der Waals surface area (Å²) in [6, 6.07) is 1.58. The van der Waals surface area contributed by atoms with Gasteiger partial charge in [0.15, 0.2) is 5.65 Å². The molecule has 1 N–H and O–H groups in total. The van der Waals surface area contributed by atoms with Crippen LogP contribution in [0.25, 0.3) is 44.2 Å². The van der Waals surface area contributed by atoms with Gasteiger partial charge >= 0.3 is 12.2 Å². The number of rotatable bonds is 5. The van der Waals surface area contributed by atoms with Crippen LogP contribution in [0.5, 0.6) is 6.01 Å². The number of alkyl halides is 3. The SMILES string of the molecule is Cc1cc2cnn(C)c2c(-c2nn(C)c3c4c(N5CCOC[C@@](C)(O)C5)nc(OC[C@@]56CCCN5C/C(=C\F)C6)nc4n(C)c23)c1C(F)(F)F. The fourth-order valence-corrected chi connectivity index (χ4v) is 8.47. The Balaban J connectivity index is 1.36. The third-order valence-corrected chi connectivity index (χ3v) is 10.6. The Kier molecular flexibility index (Phi) is 7.48. The van der Waals surface area contributed by atoms with Crippen LogP contribution in [0.15, 0.2) is 24.2 Å². The van der Waals surface area contributed by atoms with E-state index < -0.39 is 17.3 Å². The smallest absolute Gasteiger partial charge is 0.417 e. The first-order valence-corrected chi connectivity index (χ1v) is 16.7. The summed E-state index contributed by atoms with van der Waals surface area (Å²) in [4.78, 5) is 13.9. The van der Waals surface area contributed by atoms with Gasteiger partial charge in [-0.2, -0.15) is 33.3 Å². The Morgan fingerprint density at radius 3 is 2.66 bits per heavy atom. The number of ether oxygens (including phenoxy) is 2. The van der Waals surface area contributed by atoms with Crippen molar-refractivity contribution in [3.63, 3.8) is 0 Å². The third-order valence-electron chi connectivity index (χ3n) is 10.6. The molecule has 0 unspecified atom stereocenters. The second-order valence-corrected chi connectivity index (χ2v) is 14.4. The van der Waals surface area contributed by atoms with Crippen molar-refractivity contribution in [3.8, 4) is 17.3 Å². The summed E-state index contributed by atoms with van der Waals surface area (Å²) >= 11 is 0. The standard InChI is InChI=1S/C34H39F4N9O3/c1-19-11-21-14-39-44(4)26(21)22(24(19)34(36,37)38)25-28-27(45(5)42-25)23-29(43(28)3)40-31(41-30(23)46-9-10-49-17-32(2,48)16-46)50-18-33-7-6-8-47(33)15-20(12-33)13-35/h11,13-14,48H,6-10,12,15-18H2,1-5H3/b20-13-/t32-,33-/m0/s1. The number of nitrogens with zero attached hydrogens (tertiary/aromatic N) is 9. The predicted octanol–water partition coefficient (Wildman–Crippen LogP) is 4.79. The first-order valence-electron chi connectivity index (χ1n) is 16.7. The van der Waals surface area contributed by atoms with Crippen molar-refractivity contribution >= 4 is 38.8 Å². The molecule has 3 saturated heterocycles. The molecule has 0 radical (unpaired) electrons. The Hall–Kier alpha value is -4.28. The van der Waals surface area contributed by atoms with Crippen molar-refractivity contribution < 1.29 is 32.1 Å². The molecule has 3 fully saturated rings. The van der Waals surface area contributed by atoms with E-state index in [1.54, 1.807) is 43.5 Å². The molecule has 16 heteroatoms. The molecule has 0 spiro atoms. The first-order chi connectivity index (χ1) is 23.7. The minimum absolute atomic E-state index is 0.0616. The van der Waals surface area contributed by atoms with Gasteiger partial charge in [-0.15, -0.1) is 0 Å². The molecule has 3 aliphatic heterocycles. The van der Waals surface area contributed by atoms with E-state index in [4.69, 9.17) is 24.5 Å². The van der Waals surface area contributed by atoms with Gasteiger partial charge in [0.2, 0.25) is 0 Å². The van der Waals surface area contributed by atoms with E-state index in [1.807, 2.05) is 4.90 Å². The van der Waals surface area contributed by atoms with E-state index in [0.29, 0.717) is 71.2 Å². The lowest BCUT2D eigenvalue weighted by Crippen LogP contribution is -2.44. The molecule has 3 aliphatic rings. The lowest BCUT2D eigenvalue weighted by molar-refractivity contribution is -0.137. The van der Waals surface area contributed by atoms with Crippen LogP contribution in [0, 0.1) is 6.92 Å². The molecular formula is C34H39F4N9O3. The van der Waals surface area contributed by atoms with Crippen LogP contribution in [0.1, 0.15) is 37.3 Å². The van der Waals surface area contributed by atoms with Crippen LogP contribution in [0.4, 0.5) is 23.4 Å². The lowest BCUT2D eigenvalue weighted by Gasteiger charge is -2.31. The van der Waals surface area contributed by atoms with Gasteiger partial charge in [0, 0.05) is 45.2 Å². The Bertz CT molecular complexity index is 2200. The van der Waals surface area contributed by atoms with Crippen molar-refractivity contribution in [1.82, 2.24) is 39.0 Å². The topological polar surface area (TPSA) is 112 Å². The molecule has 2 atom stereocenters. The first kappa shape index (κ1) is 32.9. The highest BCUT2D eigenvalue weighted by Gasteiger charge is 2.47. The fourth-order valence-electron chi connectivity index (χ4n) is 8.47. The Labute approximate surface area is 284 Å². The maximum absolute atomic E-state index is 14.9. The molecule has 0 bridgehead atoms. The van der Waals surface area contributed by atoms with Crippen molar-refractivity contribution in [2.75, 3.05) is 50.9 Å². The number of aryl methyl sites for hydroxylation is 4. The van der Waals surface area contributed by atoms with E-state index >= 15 is 0 Å². The van der Waals surface area contributed by atoms with Gasteiger partial charge in [-0.05, 0) is 56.9 Å². The molecular weight excluding hydrogens is 658 g/mol. The second-order valence-electron chi connectivity index (χ2n) is 14.4. The normalized spacial score (nSPS) is 24.4. The van der Waals surface area contributed by atoms with Crippen LogP contribution in [0.3, 0.4) is 0 Å². The van der Waals surface area contributed by atoms with E-state index in [0.717, 1.165) is 25.0 Å². The van der Waals surface area contributed by atoms with Crippen molar-refractivity contribution in [1.29, 1.82) is 0 Å². The highest BCUT2D eigenvalue weighted by Crippen LogP contribution is 2.47. The zero-order valence-corrected chi connectivity index (χ0v) is 28.6. The van der Waals surface area contributed by atoms with Crippen molar-refractivity contribution in [2.24, 2.45) is 21.1 Å². The average Bonchev–Trinajstić information content (AvgIpc) is 3.82. The maximum atomic E-state index is 14.9. The highest BCUT2D eigenvalue weighted by atomic mass is 19.4. The van der Waals surface area contributed by atoms with Gasteiger partial charge in [0.25, 0.3) is 0 Å². The van der Waals surface area contributed by atoms with E-state index in [9.17, 15) is 22.7 Å². The lowest BCUT2D eigenvalue weighted by atomic mass is 9.94. The number of aliphatic hydroxyl groups is 1. The molecule has 1 aromatic carbocycles. The van der Waals surface area contributed by atoms with Crippen molar-refractivity contribution in [2.45, 2.75) is 50.4 Å². The van der Waals surface area contributed by atoms with E-state index in [-0.39, 0.29) is 48.1 Å². The average molecular weight is 698 g/mol. The Morgan fingerprint density at radius 2 is 1.90 bits per heavy atom. The predicted molar refractivity (Wildman–Crippen MR) is 179 cm³/mol. The van der Waals surface area contributed by atoms with Gasteiger partial charge < -0.3 is 24.0 Å². The molecule has 266 valence electrons. The fraction of sp³-hybridized carbons (Fsp3) is 0.529. The minimum atomic E-state index is -4.68. The number of halogens is 4. The number of fused-ring (bicyclic) bond motifs is 5. The van der Waals surface area contributed by atoms with Crippen LogP contribution < -0.4 is 9.64 Å². The number of hydrogen-bond acceptors (Lipinski definition) is 9. The molecule has 50 heavy (non-hydrogen) atoms. The number of β-amino-alcohol motifs (C(OH)–C–C–N with tert-alkyl or cyclic N) is 1. The van der Waals surface area contributed by atoms with Crippen LogP contribution in [0.2, 0.25) is 0 Å². The second kappa shape index (κ2) is 11.4. The monoisotopic (exact) mass is 697 g/mol. The number of aromatic nitrogens is 7. The molecule has 4 aromatic heterocycles.